The summed E-state index contributed by atoms with van der Waals surface area (Å²) in [5.74, 6) is 1.01. The van der Waals surface area contributed by atoms with E-state index in [2.05, 4.69) is 101 Å². The molecule has 0 saturated heterocycles. The number of hydrogen-bond acceptors (Lipinski definition) is 2. The number of aromatic nitrogens is 1. The highest BCUT2D eigenvalue weighted by Crippen LogP contribution is 2.45. The molecule has 202 valence electrons. The van der Waals surface area contributed by atoms with Crippen molar-refractivity contribution in [2.24, 2.45) is 0 Å². The van der Waals surface area contributed by atoms with Gasteiger partial charge in [-0.25, -0.2) is 0 Å². The monoisotopic (exact) mass is 551 g/mol. The zero-order chi connectivity index (χ0) is 28.1. The minimum atomic E-state index is 0.895. The van der Waals surface area contributed by atoms with Gasteiger partial charge < -0.3 is 13.4 Å². The van der Waals surface area contributed by atoms with Crippen molar-refractivity contribution >= 4 is 55.5 Å². The molecule has 0 unspecified atom stereocenters. The second-order valence-corrected chi connectivity index (χ2v) is 11.6. The van der Waals surface area contributed by atoms with Gasteiger partial charge in [0.05, 0.1) is 10.9 Å². The van der Waals surface area contributed by atoms with Crippen LogP contribution in [0, 0.1) is 0 Å². The molecule has 3 heterocycles. The molecule has 3 aromatic heterocycles. The molecule has 43 heavy (non-hydrogen) atoms. The predicted molar refractivity (Wildman–Crippen MR) is 176 cm³/mol. The fourth-order valence-corrected chi connectivity index (χ4v) is 7.42. The number of benzene rings is 4. The largest absolute Gasteiger partial charge is 0.455 e. The number of rotatable bonds is 3. The molecule has 0 spiro atoms. The summed E-state index contributed by atoms with van der Waals surface area (Å²) < 4.78 is 15.6. The highest BCUT2D eigenvalue weighted by atomic mass is 16.3. The van der Waals surface area contributed by atoms with Gasteiger partial charge in [-0.2, -0.15) is 0 Å². The quantitative estimate of drug-likeness (QED) is 0.205. The number of hydrogen-bond donors (Lipinski definition) is 0. The third kappa shape index (κ3) is 3.15. The molecule has 0 aliphatic heterocycles. The van der Waals surface area contributed by atoms with E-state index in [1.807, 2.05) is 24.3 Å². The number of furan rings is 2. The first-order chi connectivity index (χ1) is 21.3. The Morgan fingerprint density at radius 1 is 0.791 bits per heavy atom. The van der Waals surface area contributed by atoms with Gasteiger partial charge in [-0.1, -0.05) is 66.8 Å². The summed E-state index contributed by atoms with van der Waals surface area (Å²) in [5.41, 5.74) is 16.9. The van der Waals surface area contributed by atoms with Crippen LogP contribution in [0.25, 0.3) is 72.3 Å². The van der Waals surface area contributed by atoms with E-state index >= 15 is 0 Å². The van der Waals surface area contributed by atoms with Gasteiger partial charge in [-0.3, -0.25) is 0 Å². The number of para-hydroxylation sites is 2. The highest BCUT2D eigenvalue weighted by molar-refractivity contribution is 6.12. The first kappa shape index (κ1) is 23.1. The van der Waals surface area contributed by atoms with Crippen LogP contribution in [0.2, 0.25) is 0 Å². The Morgan fingerprint density at radius 3 is 2.60 bits per heavy atom. The average Bonchev–Trinajstić information content (AvgIpc) is 3.87. The lowest BCUT2D eigenvalue weighted by Crippen LogP contribution is -2.02. The smallest absolute Gasteiger partial charge is 0.145 e. The minimum absolute atomic E-state index is 0.895. The number of nitrogens with zero attached hydrogens (tertiary/aromatic N) is 1. The SMILES string of the molecule is C1=CC=C(C2=CCc3c2oc2c3ccc3c2c2c(n3-c3ccc(-c4cccc5c4oc4ccccc45)cc3)CCC=C2)C=1. The van der Waals surface area contributed by atoms with Crippen LogP contribution in [0.5, 0.6) is 0 Å². The molecular weight excluding hydrogens is 526 g/mol. The van der Waals surface area contributed by atoms with Crippen molar-refractivity contribution in [3.05, 3.63) is 143 Å². The average molecular weight is 552 g/mol. The number of fused-ring (bicyclic) bond motifs is 10. The second-order valence-electron chi connectivity index (χ2n) is 11.6. The predicted octanol–water partition coefficient (Wildman–Crippen LogP) is 10.5. The third-order valence-corrected chi connectivity index (χ3v) is 9.37. The molecule has 0 radical (unpaired) electrons. The third-order valence-electron chi connectivity index (χ3n) is 9.37. The first-order valence-corrected chi connectivity index (χ1v) is 15.0. The van der Waals surface area contributed by atoms with Crippen molar-refractivity contribution in [2.45, 2.75) is 19.3 Å². The Kier molecular flexibility index (Phi) is 4.58. The lowest BCUT2D eigenvalue weighted by atomic mass is 10.00. The zero-order valence-corrected chi connectivity index (χ0v) is 23.4. The second kappa shape index (κ2) is 8.51. The van der Waals surface area contributed by atoms with Gasteiger partial charge in [0.15, 0.2) is 0 Å². The first-order valence-electron chi connectivity index (χ1n) is 15.0. The minimum Gasteiger partial charge on any atom is -0.455 e. The van der Waals surface area contributed by atoms with Crippen LogP contribution < -0.4 is 0 Å². The van der Waals surface area contributed by atoms with Crippen LogP contribution in [0.4, 0.5) is 0 Å². The van der Waals surface area contributed by atoms with E-state index in [9.17, 15) is 0 Å². The van der Waals surface area contributed by atoms with Gasteiger partial charge in [0.25, 0.3) is 0 Å². The Hall–Kier alpha value is -5.50. The summed E-state index contributed by atoms with van der Waals surface area (Å²) in [7, 11) is 0. The maximum absolute atomic E-state index is 6.78. The van der Waals surface area contributed by atoms with Crippen molar-refractivity contribution in [1.82, 2.24) is 4.57 Å². The van der Waals surface area contributed by atoms with E-state index in [4.69, 9.17) is 8.83 Å². The molecule has 3 nitrogen and oxygen atoms in total. The molecule has 4 aromatic carbocycles. The summed E-state index contributed by atoms with van der Waals surface area (Å²) in [5, 5.41) is 4.73. The lowest BCUT2D eigenvalue weighted by molar-refractivity contribution is 0.602. The molecule has 0 N–H and O–H groups in total. The number of allylic oxidation sites excluding steroid dienone is 6. The van der Waals surface area contributed by atoms with Crippen LogP contribution in [0.1, 0.15) is 29.0 Å². The van der Waals surface area contributed by atoms with Crippen molar-refractivity contribution in [2.75, 3.05) is 0 Å². The Bertz CT molecular complexity index is 2500. The van der Waals surface area contributed by atoms with Crippen molar-refractivity contribution in [3.8, 4) is 16.8 Å². The molecule has 3 aliphatic carbocycles. The van der Waals surface area contributed by atoms with Crippen molar-refractivity contribution < 1.29 is 8.83 Å². The van der Waals surface area contributed by atoms with E-state index in [0.29, 0.717) is 0 Å². The summed E-state index contributed by atoms with van der Waals surface area (Å²) in [6.45, 7) is 0. The zero-order valence-electron chi connectivity index (χ0n) is 23.4. The molecule has 0 saturated carbocycles. The van der Waals surface area contributed by atoms with Crippen molar-refractivity contribution in [1.29, 1.82) is 0 Å². The van der Waals surface area contributed by atoms with E-state index in [1.54, 1.807) is 0 Å². The highest BCUT2D eigenvalue weighted by Gasteiger charge is 2.28. The van der Waals surface area contributed by atoms with E-state index in [0.717, 1.165) is 69.4 Å². The molecule has 7 aromatic rings. The molecule has 10 rings (SSSR count). The van der Waals surface area contributed by atoms with Gasteiger partial charge in [-0.05, 0) is 79.0 Å². The molecule has 0 bridgehead atoms. The van der Waals surface area contributed by atoms with Gasteiger partial charge in [0.1, 0.15) is 22.5 Å². The molecule has 3 aliphatic rings. The van der Waals surface area contributed by atoms with E-state index in [-0.39, 0.29) is 0 Å². The van der Waals surface area contributed by atoms with E-state index < -0.39 is 0 Å². The van der Waals surface area contributed by atoms with Crippen LogP contribution in [0.3, 0.4) is 0 Å². The maximum atomic E-state index is 6.78. The standard InChI is InChI=1S/C40H25NO2/c1-2-9-24(8-1)28-20-21-31-32-22-23-35-37(40(32)43-39(28)31)33-11-3-5-14-34(33)41(35)26-18-16-25(17-19-26)27-12-7-13-30-29-10-4-6-15-36(29)42-38(27)30/h1,3-4,6-13,15-20,22-23H,5,14,21H2. The molecule has 0 atom stereocenters. The van der Waals surface area contributed by atoms with Crippen LogP contribution in [-0.4, -0.2) is 4.57 Å². The Labute approximate surface area is 247 Å². The molecule has 0 amide bonds. The lowest BCUT2D eigenvalue weighted by Gasteiger charge is -2.14. The Morgan fingerprint density at radius 2 is 1.70 bits per heavy atom. The molecular formula is C40H25NO2. The molecule has 0 fully saturated rings. The van der Waals surface area contributed by atoms with E-state index in [1.165, 1.54) is 44.3 Å². The van der Waals surface area contributed by atoms with Gasteiger partial charge in [0.2, 0.25) is 0 Å². The van der Waals surface area contributed by atoms with Gasteiger partial charge in [0, 0.05) is 49.8 Å². The van der Waals surface area contributed by atoms with Crippen LogP contribution in [0.15, 0.2) is 129 Å². The maximum Gasteiger partial charge on any atom is 0.145 e. The summed E-state index contributed by atoms with van der Waals surface area (Å²) in [6, 6.07) is 28.2. The van der Waals surface area contributed by atoms with Crippen molar-refractivity contribution in [3.63, 3.8) is 0 Å². The topological polar surface area (TPSA) is 31.2 Å². The fourth-order valence-electron chi connectivity index (χ4n) is 7.42. The van der Waals surface area contributed by atoms with Gasteiger partial charge >= 0.3 is 0 Å². The van der Waals surface area contributed by atoms with Crippen LogP contribution in [-0.2, 0) is 12.8 Å². The Balaban J connectivity index is 1.14. The summed E-state index contributed by atoms with van der Waals surface area (Å²) in [6.07, 6.45) is 15.9. The normalized spacial score (nSPS) is 15.3. The van der Waals surface area contributed by atoms with Gasteiger partial charge in [-0.15, -0.1) is 5.73 Å². The summed E-state index contributed by atoms with van der Waals surface area (Å²) in [4.78, 5) is 0. The molecule has 3 heteroatoms. The fraction of sp³-hybridized carbons (Fsp3) is 0.0750. The summed E-state index contributed by atoms with van der Waals surface area (Å²) >= 11 is 0. The van der Waals surface area contributed by atoms with Crippen LogP contribution >= 0.6 is 0 Å².